The summed E-state index contributed by atoms with van der Waals surface area (Å²) >= 11 is 0. The molecule has 0 spiro atoms. The second-order valence-electron chi connectivity index (χ2n) is 7.86. The molecule has 2 aliphatic rings. The van der Waals surface area contributed by atoms with Crippen molar-refractivity contribution in [3.8, 4) is 0 Å². The van der Waals surface area contributed by atoms with Crippen molar-refractivity contribution in [1.29, 1.82) is 0 Å². The number of piperidine rings is 1. The van der Waals surface area contributed by atoms with Gasteiger partial charge in [-0.1, -0.05) is 31.2 Å². The molecule has 6 heteroatoms. The molecule has 1 aromatic carbocycles. The summed E-state index contributed by atoms with van der Waals surface area (Å²) in [6.07, 6.45) is 2.78. The summed E-state index contributed by atoms with van der Waals surface area (Å²) < 4.78 is 0. The number of rotatable bonds is 4. The molecule has 6 nitrogen and oxygen atoms in total. The van der Waals surface area contributed by atoms with E-state index < -0.39 is 0 Å². The molecule has 0 aliphatic carbocycles. The van der Waals surface area contributed by atoms with Gasteiger partial charge in [0.15, 0.2) is 0 Å². The number of nitrogens with one attached hydrogen (secondary N) is 2. The molecule has 0 unspecified atom stereocenters. The summed E-state index contributed by atoms with van der Waals surface area (Å²) in [6, 6.07) is 8.58. The van der Waals surface area contributed by atoms with Crippen LogP contribution in [0, 0.1) is 12.8 Å². The number of aryl methyl sites for hydroxylation is 1. The maximum absolute atomic E-state index is 12.7. The first-order valence-electron chi connectivity index (χ1n) is 10.1. The van der Waals surface area contributed by atoms with E-state index in [2.05, 4.69) is 53.6 Å². The van der Waals surface area contributed by atoms with Crippen LogP contribution in [0.4, 0.5) is 4.79 Å². The van der Waals surface area contributed by atoms with Gasteiger partial charge in [-0.2, -0.15) is 0 Å². The van der Waals surface area contributed by atoms with Gasteiger partial charge in [0.05, 0.1) is 6.04 Å². The van der Waals surface area contributed by atoms with E-state index in [9.17, 15) is 9.59 Å². The molecular formula is C21H32N4O2. The molecule has 1 atom stereocenters. The second-order valence-corrected chi connectivity index (χ2v) is 7.86. The average molecular weight is 373 g/mol. The number of hydrogen-bond acceptors (Lipinski definition) is 3. The van der Waals surface area contributed by atoms with Crippen LogP contribution in [-0.2, 0) is 4.79 Å². The van der Waals surface area contributed by atoms with E-state index in [1.54, 1.807) is 4.90 Å². The Balaban J connectivity index is 1.67. The molecule has 0 radical (unpaired) electrons. The Morgan fingerprint density at radius 1 is 1.22 bits per heavy atom. The molecule has 2 saturated heterocycles. The average Bonchev–Trinajstić information content (AvgIpc) is 2.89. The number of carbonyl (C=O) groups is 2. The quantitative estimate of drug-likeness (QED) is 0.852. The topological polar surface area (TPSA) is 64.7 Å². The van der Waals surface area contributed by atoms with Crippen LogP contribution in [0.3, 0.4) is 0 Å². The Labute approximate surface area is 162 Å². The van der Waals surface area contributed by atoms with Crippen LogP contribution < -0.4 is 10.6 Å². The molecule has 3 amide bonds. The highest BCUT2D eigenvalue weighted by Gasteiger charge is 2.27. The Morgan fingerprint density at radius 2 is 1.96 bits per heavy atom. The van der Waals surface area contributed by atoms with E-state index in [0.29, 0.717) is 32.6 Å². The Hall–Kier alpha value is -2.08. The van der Waals surface area contributed by atoms with Crippen LogP contribution >= 0.6 is 0 Å². The van der Waals surface area contributed by atoms with Gasteiger partial charge in [-0.25, -0.2) is 4.79 Å². The van der Waals surface area contributed by atoms with Gasteiger partial charge >= 0.3 is 6.03 Å². The third-order valence-corrected chi connectivity index (χ3v) is 5.85. The SMILES string of the molecule is Cc1ccccc1[C@@H](CNC(=O)N1CCNC(=O)CC1)N1CCC(C)CC1. The number of likely N-dealkylation sites (tertiary alicyclic amines) is 1. The molecular weight excluding hydrogens is 340 g/mol. The summed E-state index contributed by atoms with van der Waals surface area (Å²) in [4.78, 5) is 28.4. The lowest BCUT2D eigenvalue weighted by molar-refractivity contribution is -0.120. The molecule has 2 N–H and O–H groups in total. The van der Waals surface area contributed by atoms with Gasteiger partial charge in [0, 0.05) is 32.6 Å². The summed E-state index contributed by atoms with van der Waals surface area (Å²) in [5, 5.41) is 5.95. The van der Waals surface area contributed by atoms with Gasteiger partial charge in [-0.15, -0.1) is 0 Å². The molecule has 2 heterocycles. The fourth-order valence-electron chi connectivity index (χ4n) is 4.00. The van der Waals surface area contributed by atoms with E-state index in [0.717, 1.165) is 19.0 Å². The van der Waals surface area contributed by atoms with Crippen molar-refractivity contribution < 1.29 is 9.59 Å². The highest BCUT2D eigenvalue weighted by atomic mass is 16.2. The minimum atomic E-state index is -0.0736. The Morgan fingerprint density at radius 3 is 2.70 bits per heavy atom. The molecule has 27 heavy (non-hydrogen) atoms. The molecule has 0 bridgehead atoms. The predicted molar refractivity (Wildman–Crippen MR) is 106 cm³/mol. The summed E-state index contributed by atoms with van der Waals surface area (Å²) in [6.45, 7) is 8.75. The van der Waals surface area contributed by atoms with Crippen LogP contribution in [0.2, 0.25) is 0 Å². The van der Waals surface area contributed by atoms with E-state index in [1.807, 2.05) is 0 Å². The predicted octanol–water partition coefficient (Wildman–Crippen LogP) is 2.30. The van der Waals surface area contributed by atoms with E-state index in [4.69, 9.17) is 0 Å². The lowest BCUT2D eigenvalue weighted by Crippen LogP contribution is -2.46. The zero-order chi connectivity index (χ0) is 19.2. The first-order valence-corrected chi connectivity index (χ1v) is 10.1. The first kappa shape index (κ1) is 19.7. The van der Waals surface area contributed by atoms with Crippen molar-refractivity contribution in [3.05, 3.63) is 35.4 Å². The maximum Gasteiger partial charge on any atom is 0.317 e. The number of hydrogen-bond donors (Lipinski definition) is 2. The van der Waals surface area contributed by atoms with E-state index >= 15 is 0 Å². The number of urea groups is 1. The number of nitrogens with zero attached hydrogens (tertiary/aromatic N) is 2. The van der Waals surface area contributed by atoms with Crippen molar-refractivity contribution in [1.82, 2.24) is 20.4 Å². The number of carbonyl (C=O) groups excluding carboxylic acids is 2. The molecule has 0 aromatic heterocycles. The maximum atomic E-state index is 12.7. The Kier molecular flexibility index (Phi) is 6.72. The molecule has 2 aliphatic heterocycles. The van der Waals surface area contributed by atoms with Crippen LogP contribution in [0.1, 0.15) is 43.4 Å². The monoisotopic (exact) mass is 372 g/mol. The van der Waals surface area contributed by atoms with Gasteiger partial charge in [0.1, 0.15) is 0 Å². The van der Waals surface area contributed by atoms with Crippen LogP contribution in [0.15, 0.2) is 24.3 Å². The standard InChI is InChI=1S/C21H32N4O2/c1-16-7-11-24(12-8-16)19(18-6-4-3-5-17(18)2)15-23-21(27)25-13-9-20(26)22-10-14-25/h3-6,16,19H,7-15H2,1-2H3,(H,22,26)(H,23,27)/t19-/m1/s1. The zero-order valence-electron chi connectivity index (χ0n) is 16.5. The first-order chi connectivity index (χ1) is 13.0. The lowest BCUT2D eigenvalue weighted by Gasteiger charge is -2.38. The van der Waals surface area contributed by atoms with Gasteiger partial charge < -0.3 is 15.5 Å². The minimum Gasteiger partial charge on any atom is -0.354 e. The van der Waals surface area contributed by atoms with Crippen molar-refractivity contribution in [2.24, 2.45) is 5.92 Å². The van der Waals surface area contributed by atoms with Crippen molar-refractivity contribution in [2.75, 3.05) is 39.3 Å². The lowest BCUT2D eigenvalue weighted by atomic mass is 9.94. The fraction of sp³-hybridized carbons (Fsp3) is 0.619. The molecule has 0 saturated carbocycles. The van der Waals surface area contributed by atoms with Gasteiger partial charge in [-0.05, 0) is 49.9 Å². The highest BCUT2D eigenvalue weighted by Crippen LogP contribution is 2.28. The molecule has 2 fully saturated rings. The van der Waals surface area contributed by atoms with Crippen molar-refractivity contribution >= 4 is 11.9 Å². The van der Waals surface area contributed by atoms with Gasteiger partial charge in [0.2, 0.25) is 5.91 Å². The summed E-state index contributed by atoms with van der Waals surface area (Å²) in [5.41, 5.74) is 2.56. The van der Waals surface area contributed by atoms with Crippen molar-refractivity contribution in [3.63, 3.8) is 0 Å². The smallest absolute Gasteiger partial charge is 0.317 e. The number of amides is 3. The molecule has 3 rings (SSSR count). The van der Waals surface area contributed by atoms with E-state index in [-0.39, 0.29) is 18.0 Å². The normalized spacial score (nSPS) is 20.7. The second kappa shape index (κ2) is 9.22. The van der Waals surface area contributed by atoms with Gasteiger partial charge in [0.25, 0.3) is 0 Å². The fourth-order valence-corrected chi connectivity index (χ4v) is 4.00. The summed E-state index contributed by atoms with van der Waals surface area (Å²) in [7, 11) is 0. The van der Waals surface area contributed by atoms with E-state index in [1.165, 1.54) is 24.0 Å². The van der Waals surface area contributed by atoms with Crippen LogP contribution in [-0.4, -0.2) is 61.0 Å². The third-order valence-electron chi connectivity index (χ3n) is 5.85. The highest BCUT2D eigenvalue weighted by molar-refractivity contribution is 5.79. The largest absolute Gasteiger partial charge is 0.354 e. The molecule has 148 valence electrons. The van der Waals surface area contributed by atoms with Crippen molar-refractivity contribution in [2.45, 2.75) is 39.2 Å². The summed E-state index contributed by atoms with van der Waals surface area (Å²) in [5.74, 6) is 0.793. The molecule has 1 aromatic rings. The minimum absolute atomic E-state index is 0.0190. The number of benzene rings is 1. The Bertz CT molecular complexity index is 655. The van der Waals surface area contributed by atoms with Crippen LogP contribution in [0.25, 0.3) is 0 Å². The third kappa shape index (κ3) is 5.22. The van der Waals surface area contributed by atoms with Crippen LogP contribution in [0.5, 0.6) is 0 Å². The zero-order valence-corrected chi connectivity index (χ0v) is 16.5. The van der Waals surface area contributed by atoms with Gasteiger partial charge in [-0.3, -0.25) is 9.69 Å².